The van der Waals surface area contributed by atoms with Crippen molar-refractivity contribution in [2.24, 2.45) is 23.7 Å². The molecule has 12 atom stereocenters. The maximum absolute atomic E-state index is 14.7. The van der Waals surface area contributed by atoms with Crippen molar-refractivity contribution >= 4 is 93.8 Å². The van der Waals surface area contributed by atoms with Gasteiger partial charge in [-0.05, 0) is 160 Å². The summed E-state index contributed by atoms with van der Waals surface area (Å²) in [5, 5.41) is 20.0. The molecule has 4 aliphatic carbocycles. The van der Waals surface area contributed by atoms with Gasteiger partial charge in [-0.15, -0.1) is 0 Å². The van der Waals surface area contributed by atoms with Gasteiger partial charge in [0, 0.05) is 99.7 Å². The molecule has 0 radical (unpaired) electrons. The van der Waals surface area contributed by atoms with Gasteiger partial charge in [0.05, 0.1) is 146 Å². The van der Waals surface area contributed by atoms with Gasteiger partial charge in [0.15, 0.2) is 17.5 Å². The van der Waals surface area contributed by atoms with E-state index in [1.807, 2.05) is 31.5 Å². The molecule has 12 heterocycles. The van der Waals surface area contributed by atoms with Crippen molar-refractivity contribution in [3.05, 3.63) is 256 Å². The van der Waals surface area contributed by atoms with Crippen molar-refractivity contribution in [3.8, 4) is 39.9 Å². The van der Waals surface area contributed by atoms with Crippen molar-refractivity contribution in [1.29, 1.82) is 0 Å². The fourth-order valence-corrected chi connectivity index (χ4v) is 18.4. The molecule has 8 fully saturated rings. The minimum atomic E-state index is -0.513. The Bertz CT molecular complexity index is 5710. The van der Waals surface area contributed by atoms with Crippen LogP contribution >= 0.6 is 46.4 Å². The van der Waals surface area contributed by atoms with E-state index in [1.54, 1.807) is 73.6 Å². The monoisotopic (exact) mass is 1700 g/mol. The van der Waals surface area contributed by atoms with Crippen LogP contribution in [0, 0.1) is 46.9 Å². The zero-order valence-corrected chi connectivity index (χ0v) is 66.8. The van der Waals surface area contributed by atoms with E-state index < -0.39 is 23.3 Å². The third kappa shape index (κ3) is 17.1. The molecule has 20 rings (SSSR count). The number of likely N-dealkylation sites (tertiary alicyclic amines) is 4. The first-order valence-corrected chi connectivity index (χ1v) is 40.3. The Morgan fingerprint density at radius 1 is 0.375 bits per heavy atom. The van der Waals surface area contributed by atoms with Crippen LogP contribution < -0.4 is 20.9 Å². The van der Waals surface area contributed by atoms with E-state index in [2.05, 4.69) is 95.9 Å². The Morgan fingerprint density at radius 3 is 1.23 bits per heavy atom. The Labute approximate surface area is 703 Å². The predicted octanol–water partition coefficient (Wildman–Crippen LogP) is 12.9. The van der Waals surface area contributed by atoms with Crippen LogP contribution in [0.15, 0.2) is 190 Å². The Morgan fingerprint density at radius 2 is 0.758 bits per heavy atom. The molecule has 610 valence electrons. The van der Waals surface area contributed by atoms with Gasteiger partial charge in [-0.1, -0.05) is 52.5 Å². The maximum atomic E-state index is 14.7. The number of nitrogens with zero attached hydrogens (tertiary/aromatic N) is 22. The van der Waals surface area contributed by atoms with Crippen molar-refractivity contribution < 1.29 is 36.7 Å². The molecule has 4 aliphatic heterocycles. The molecule has 8 aromatic heterocycles. The highest BCUT2D eigenvalue weighted by atomic mass is 35.5. The Hall–Kier alpha value is -12.5. The first-order chi connectivity index (χ1) is 58.3. The number of benzene rings is 4. The Kier molecular flexibility index (Phi) is 23.2. The molecule has 120 heavy (non-hydrogen) atoms. The van der Waals surface area contributed by atoms with Crippen LogP contribution in [-0.4, -0.2) is 210 Å². The van der Waals surface area contributed by atoms with E-state index in [9.17, 15) is 36.7 Å². The van der Waals surface area contributed by atoms with E-state index in [-0.39, 0.29) is 100 Å². The lowest BCUT2D eigenvalue weighted by atomic mass is 10.0. The molecule has 3 N–H and O–H groups in total. The van der Waals surface area contributed by atoms with E-state index >= 15 is 0 Å². The highest BCUT2D eigenvalue weighted by Crippen LogP contribution is 2.46. The lowest BCUT2D eigenvalue weighted by Gasteiger charge is -2.38. The largest absolute Gasteiger partial charge is 0.349 e. The summed E-state index contributed by atoms with van der Waals surface area (Å²) in [6.07, 6.45) is 32.2. The standard InChI is InChI=1S/C22H20ClFN6O.2C21H18ClFN6O.C19H17ClFN7O/c1-29(22-27-10-14(23)11-28-22)18-7-13-8-19(18)30(12-13)21(31)17-9-15(24)3-4-16(17)20-25-5-2-6-26-20;22-13-9-26-21(27-10-13)28-17-6-12-7-18(17)29(11-12)20(30)15-3-2-14(23)8-16(15)19-24-4-1-5-25-19;22-13-9-26-21(27-10-13)28-16-7-12-8-17(16)29(11-12)20(30)14-3-1-4-15(23)18(14)19-24-5-2-6-25-19;20-12-8-22-19(23-9-12)26-15-5-11-6-17(15)27(10-11)18(29)14-7-13(21)1-2-16(14)28-24-3-4-25-28/h2-6,9-11,13,18-19H,7-8,12H2,1H3;1-5,8-10,12,17-18H,6-7,11H2,(H,26,27,28);1-6,9-10,12,16-17H,7-8,11H2,(H,26,27,28);1-4,7-9,11,15,17H,5-6,10H2,(H,22,23,26). The average Bonchev–Trinajstić information content (AvgIpc) is 1.61. The zero-order valence-electron chi connectivity index (χ0n) is 63.8. The summed E-state index contributed by atoms with van der Waals surface area (Å²) < 4.78 is 56.7. The molecular weight excluding hydrogens is 1630 g/mol. The zero-order chi connectivity index (χ0) is 82.8. The van der Waals surface area contributed by atoms with Crippen molar-refractivity contribution in [2.75, 3.05) is 54.1 Å². The van der Waals surface area contributed by atoms with Gasteiger partial charge in [-0.2, -0.15) is 15.0 Å². The van der Waals surface area contributed by atoms with E-state index in [0.717, 1.165) is 51.4 Å². The van der Waals surface area contributed by atoms with Gasteiger partial charge in [0.2, 0.25) is 23.8 Å². The maximum Gasteiger partial charge on any atom is 0.256 e. The lowest BCUT2D eigenvalue weighted by molar-refractivity contribution is 0.0677. The van der Waals surface area contributed by atoms with Crippen LogP contribution in [0.1, 0.15) is 92.8 Å². The molecule has 4 saturated heterocycles. The van der Waals surface area contributed by atoms with Crippen LogP contribution in [0.4, 0.5) is 41.4 Å². The first kappa shape index (κ1) is 80.0. The van der Waals surface area contributed by atoms with Crippen molar-refractivity contribution in [1.82, 2.24) is 104 Å². The highest BCUT2D eigenvalue weighted by Gasteiger charge is 2.52. The third-order valence-corrected chi connectivity index (χ3v) is 23.8. The van der Waals surface area contributed by atoms with Crippen LogP contribution in [-0.2, 0) is 0 Å². The van der Waals surface area contributed by atoms with Gasteiger partial charge in [0.1, 0.15) is 23.3 Å². The minimum Gasteiger partial charge on any atom is -0.349 e. The Balaban J connectivity index is 0.000000114. The van der Waals surface area contributed by atoms with E-state index in [1.165, 1.54) is 121 Å². The van der Waals surface area contributed by atoms with Gasteiger partial charge >= 0.3 is 0 Å². The molecule has 4 aromatic carbocycles. The molecule has 4 saturated carbocycles. The number of hydrogen-bond acceptors (Lipinski definition) is 24. The summed E-state index contributed by atoms with van der Waals surface area (Å²) in [6, 6.07) is 22.0. The lowest BCUT2D eigenvalue weighted by Crippen LogP contribution is -2.51. The number of anilines is 4. The molecule has 8 aliphatic rings. The molecule has 4 amide bonds. The number of fused-ring (bicyclic) bond motifs is 8. The minimum absolute atomic E-state index is 0.00501. The second-order valence-corrected chi connectivity index (χ2v) is 32.2. The van der Waals surface area contributed by atoms with Crippen LogP contribution in [0.2, 0.25) is 20.1 Å². The molecule has 37 heteroatoms. The number of hydrogen-bond donors (Lipinski definition) is 3. The second-order valence-electron chi connectivity index (χ2n) is 30.5. The van der Waals surface area contributed by atoms with Gasteiger partial charge in [-0.25, -0.2) is 87.3 Å². The number of piperidine rings is 4. The SMILES string of the molecule is CN(c1ncc(Cl)cn1)C1CC2CC1N(C(=O)c1cc(F)ccc1-c1ncccn1)C2.O=C(c1cc(F)ccc1-n1nccn1)N1CC2CC(Nc3ncc(Cl)cn3)C1C2.O=C(c1ccc(F)cc1-c1ncccn1)N1CC2CC(Nc3ncc(Cl)cn3)C1C2.O=C(c1cccc(F)c1-c1ncccn1)N1CC2CC(Nc3ncc(Cl)cn3)C1C2. The van der Waals surface area contributed by atoms with Crippen LogP contribution in [0.3, 0.4) is 0 Å². The molecule has 12 unspecified atom stereocenters. The van der Waals surface area contributed by atoms with Gasteiger partial charge in [0.25, 0.3) is 23.6 Å². The number of carbonyl (C=O) groups is 4. The summed E-state index contributed by atoms with van der Waals surface area (Å²) >= 11 is 23.5. The summed E-state index contributed by atoms with van der Waals surface area (Å²) in [6.45, 7) is 2.62. The average molecular weight is 1700 g/mol. The van der Waals surface area contributed by atoms with Crippen molar-refractivity contribution in [2.45, 2.75) is 99.7 Å². The summed E-state index contributed by atoms with van der Waals surface area (Å²) in [5.74, 6) is 1.83. The number of likely N-dealkylation sites (N-methyl/N-ethyl adjacent to an activating group) is 1. The third-order valence-electron chi connectivity index (χ3n) is 23.1. The predicted molar refractivity (Wildman–Crippen MR) is 436 cm³/mol. The van der Waals surface area contributed by atoms with Gasteiger partial charge in [-0.3, -0.25) is 19.2 Å². The van der Waals surface area contributed by atoms with Crippen LogP contribution in [0.5, 0.6) is 0 Å². The molecular formula is C83H73Cl4F4N25O4. The molecule has 0 spiro atoms. The summed E-state index contributed by atoms with van der Waals surface area (Å²) in [5.41, 5.74) is 2.71. The normalized spacial score (nSPS) is 22.4. The molecule has 12 aromatic rings. The topological polar surface area (TPSA) is 332 Å². The second kappa shape index (κ2) is 34.8. The smallest absolute Gasteiger partial charge is 0.256 e. The molecule has 29 nitrogen and oxygen atoms in total. The number of rotatable bonds is 16. The number of amides is 4. The quantitative estimate of drug-likeness (QED) is 0.0757. The number of nitrogens with one attached hydrogen (secondary N) is 3. The fourth-order valence-electron chi connectivity index (χ4n) is 18.0. The number of carbonyl (C=O) groups excluding carboxylic acids is 4. The number of halogens is 8. The number of aromatic nitrogens is 17. The van der Waals surface area contributed by atoms with E-state index in [0.29, 0.717) is 128 Å². The van der Waals surface area contributed by atoms with Gasteiger partial charge < -0.3 is 40.4 Å². The summed E-state index contributed by atoms with van der Waals surface area (Å²) in [4.78, 5) is 123. The van der Waals surface area contributed by atoms with E-state index in [4.69, 9.17) is 46.4 Å². The van der Waals surface area contributed by atoms with Crippen LogP contribution in [0.25, 0.3) is 39.9 Å². The fraction of sp³-hybridized carbons (Fsp3) is 0.301. The highest BCUT2D eigenvalue weighted by molar-refractivity contribution is 6.31. The first-order valence-electron chi connectivity index (χ1n) is 38.8. The van der Waals surface area contributed by atoms with Crippen molar-refractivity contribution in [3.63, 3.8) is 0 Å². The summed E-state index contributed by atoms with van der Waals surface area (Å²) in [7, 11) is 1.93. The molecule has 8 bridgehead atoms.